The molecule has 2 saturated carbocycles. The molecule has 0 bridgehead atoms. The van der Waals surface area contributed by atoms with Gasteiger partial charge < -0.3 is 4.90 Å². The van der Waals surface area contributed by atoms with Crippen molar-refractivity contribution in [3.8, 4) is 0 Å². The van der Waals surface area contributed by atoms with Gasteiger partial charge in [0.2, 0.25) is 5.91 Å². The van der Waals surface area contributed by atoms with E-state index in [1.807, 2.05) is 0 Å². The Hall–Kier alpha value is -1.05. The van der Waals surface area contributed by atoms with E-state index >= 15 is 0 Å². The lowest BCUT2D eigenvalue weighted by atomic mass is 9.46. The first-order chi connectivity index (χ1) is 12.3. The van der Waals surface area contributed by atoms with Crippen LogP contribution in [0.15, 0.2) is 24.3 Å². The summed E-state index contributed by atoms with van der Waals surface area (Å²) in [6, 6.07) is 0. The van der Waals surface area contributed by atoms with Crippen molar-refractivity contribution < 1.29 is 4.79 Å². The van der Waals surface area contributed by atoms with E-state index in [0.717, 1.165) is 25.9 Å². The van der Waals surface area contributed by atoms with Crippen LogP contribution in [0.3, 0.4) is 0 Å². The summed E-state index contributed by atoms with van der Waals surface area (Å²) < 4.78 is 0. The first-order valence-corrected chi connectivity index (χ1v) is 11.0. The predicted octanol–water partition coefficient (Wildman–Crippen LogP) is 5.74. The average Bonchev–Trinajstić information content (AvgIpc) is 3.15. The van der Waals surface area contributed by atoms with Crippen LogP contribution < -0.4 is 0 Å². The third kappa shape index (κ3) is 2.62. The SMILES string of the molecule is C=C[C@@]1(C)CC=C2C(CCC3[C@](C)(C(=O)N4CCCC4)CCC[C@@]23C)C1. The van der Waals surface area contributed by atoms with Crippen molar-refractivity contribution in [3.05, 3.63) is 24.3 Å². The van der Waals surface area contributed by atoms with E-state index in [1.54, 1.807) is 5.57 Å². The van der Waals surface area contributed by atoms with Crippen LogP contribution in [0.25, 0.3) is 0 Å². The Morgan fingerprint density at radius 3 is 2.58 bits per heavy atom. The Bertz CT molecular complexity index is 630. The van der Waals surface area contributed by atoms with Gasteiger partial charge in [-0.2, -0.15) is 0 Å². The molecule has 0 N–H and O–H groups in total. The first-order valence-electron chi connectivity index (χ1n) is 11.0. The van der Waals surface area contributed by atoms with Crippen LogP contribution in [-0.4, -0.2) is 23.9 Å². The molecule has 3 fully saturated rings. The van der Waals surface area contributed by atoms with E-state index in [-0.39, 0.29) is 16.2 Å². The summed E-state index contributed by atoms with van der Waals surface area (Å²) in [6.07, 6.45) is 15.5. The van der Waals surface area contributed by atoms with Gasteiger partial charge in [0.1, 0.15) is 0 Å². The lowest BCUT2D eigenvalue weighted by Crippen LogP contribution is -2.55. The Morgan fingerprint density at radius 2 is 1.88 bits per heavy atom. The molecule has 1 saturated heterocycles. The molecule has 2 unspecified atom stereocenters. The minimum absolute atomic E-state index is 0.150. The zero-order chi connectivity index (χ0) is 18.6. The summed E-state index contributed by atoms with van der Waals surface area (Å²) in [4.78, 5) is 15.7. The van der Waals surface area contributed by atoms with Gasteiger partial charge in [0.05, 0.1) is 5.41 Å². The van der Waals surface area contributed by atoms with Gasteiger partial charge in [-0.3, -0.25) is 4.79 Å². The van der Waals surface area contributed by atoms with Crippen LogP contribution in [0.1, 0.15) is 78.6 Å². The number of rotatable bonds is 2. The highest BCUT2D eigenvalue weighted by Gasteiger charge is 2.58. The van der Waals surface area contributed by atoms with Crippen molar-refractivity contribution in [2.24, 2.45) is 28.1 Å². The number of carbonyl (C=O) groups excluding carboxylic acids is 1. The second-order valence-corrected chi connectivity index (χ2v) is 10.4. The molecule has 0 aromatic carbocycles. The predicted molar refractivity (Wildman–Crippen MR) is 108 cm³/mol. The minimum atomic E-state index is -0.150. The fourth-order valence-corrected chi connectivity index (χ4v) is 7.15. The molecule has 0 aromatic rings. The summed E-state index contributed by atoms with van der Waals surface area (Å²) >= 11 is 0. The first kappa shape index (κ1) is 18.3. The molecule has 1 amide bonds. The zero-order valence-electron chi connectivity index (χ0n) is 17.2. The second-order valence-electron chi connectivity index (χ2n) is 10.4. The van der Waals surface area contributed by atoms with Crippen LogP contribution in [0.4, 0.5) is 0 Å². The maximum atomic E-state index is 13.5. The molecule has 4 aliphatic rings. The van der Waals surface area contributed by atoms with Crippen LogP contribution in [0, 0.1) is 28.1 Å². The summed E-state index contributed by atoms with van der Waals surface area (Å²) in [6.45, 7) is 13.3. The number of likely N-dealkylation sites (tertiary alicyclic amines) is 1. The number of hydrogen-bond donors (Lipinski definition) is 0. The highest BCUT2D eigenvalue weighted by atomic mass is 16.2. The van der Waals surface area contributed by atoms with Crippen molar-refractivity contribution in [3.63, 3.8) is 0 Å². The topological polar surface area (TPSA) is 20.3 Å². The van der Waals surface area contributed by atoms with E-state index < -0.39 is 0 Å². The van der Waals surface area contributed by atoms with Crippen LogP contribution >= 0.6 is 0 Å². The number of hydrogen-bond acceptors (Lipinski definition) is 1. The van der Waals surface area contributed by atoms with Gasteiger partial charge in [-0.05, 0) is 74.0 Å². The van der Waals surface area contributed by atoms with Gasteiger partial charge in [0.25, 0.3) is 0 Å². The molecule has 144 valence electrons. The van der Waals surface area contributed by atoms with Crippen LogP contribution in [-0.2, 0) is 4.79 Å². The Kier molecular flexibility index (Phi) is 4.40. The van der Waals surface area contributed by atoms with Crippen molar-refractivity contribution in [2.45, 2.75) is 78.6 Å². The monoisotopic (exact) mass is 355 g/mol. The lowest BCUT2D eigenvalue weighted by molar-refractivity contribution is -0.152. The molecule has 2 heteroatoms. The highest BCUT2D eigenvalue weighted by Crippen LogP contribution is 2.64. The van der Waals surface area contributed by atoms with Crippen molar-refractivity contribution in [2.75, 3.05) is 13.1 Å². The fourth-order valence-electron chi connectivity index (χ4n) is 7.15. The maximum Gasteiger partial charge on any atom is 0.228 e. The second kappa shape index (κ2) is 6.24. The third-order valence-electron chi connectivity index (χ3n) is 8.71. The summed E-state index contributed by atoms with van der Waals surface area (Å²) in [7, 11) is 0. The fraction of sp³-hybridized carbons (Fsp3) is 0.792. The van der Waals surface area contributed by atoms with E-state index in [4.69, 9.17) is 0 Å². The summed E-state index contributed by atoms with van der Waals surface area (Å²) in [5.41, 5.74) is 2.05. The molecular weight excluding hydrogens is 318 g/mol. The van der Waals surface area contributed by atoms with Crippen LogP contribution in [0.5, 0.6) is 0 Å². The van der Waals surface area contributed by atoms with Gasteiger partial charge in [0, 0.05) is 13.1 Å². The molecule has 4 rings (SSSR count). The van der Waals surface area contributed by atoms with Crippen molar-refractivity contribution >= 4 is 5.91 Å². The number of amides is 1. The number of allylic oxidation sites excluding steroid dienone is 3. The van der Waals surface area contributed by atoms with Gasteiger partial charge in [-0.1, -0.05) is 44.9 Å². The van der Waals surface area contributed by atoms with E-state index in [2.05, 4.69) is 44.4 Å². The van der Waals surface area contributed by atoms with Gasteiger partial charge >= 0.3 is 0 Å². The van der Waals surface area contributed by atoms with Gasteiger partial charge in [-0.15, -0.1) is 6.58 Å². The standard InChI is InChI=1S/C24H37NO/c1-5-22(2)14-11-19-18(17-22)9-10-20-23(19,3)12-8-13-24(20,4)21(26)25-15-6-7-16-25/h5,11,18,20H,1,6-10,12-17H2,2-4H3/t18?,20?,22-,23-,24+/m0/s1. The van der Waals surface area contributed by atoms with E-state index in [0.29, 0.717) is 17.7 Å². The largest absolute Gasteiger partial charge is 0.342 e. The normalized spacial score (nSPS) is 45.5. The highest BCUT2D eigenvalue weighted by molar-refractivity contribution is 5.83. The molecule has 2 nitrogen and oxygen atoms in total. The lowest BCUT2D eigenvalue weighted by Gasteiger charge is -2.59. The molecule has 1 heterocycles. The molecule has 0 radical (unpaired) electrons. The summed E-state index contributed by atoms with van der Waals surface area (Å²) in [5.74, 6) is 1.70. The molecule has 3 aliphatic carbocycles. The Balaban J connectivity index is 1.66. The molecule has 0 aromatic heterocycles. The summed E-state index contributed by atoms with van der Waals surface area (Å²) in [5, 5.41) is 0. The molecule has 0 spiro atoms. The van der Waals surface area contributed by atoms with Crippen LogP contribution in [0.2, 0.25) is 0 Å². The number of nitrogens with zero attached hydrogens (tertiary/aromatic N) is 1. The average molecular weight is 356 g/mol. The minimum Gasteiger partial charge on any atom is -0.342 e. The molecule has 26 heavy (non-hydrogen) atoms. The Morgan fingerprint density at radius 1 is 1.15 bits per heavy atom. The zero-order valence-corrected chi connectivity index (χ0v) is 17.2. The van der Waals surface area contributed by atoms with Gasteiger partial charge in [-0.25, -0.2) is 0 Å². The van der Waals surface area contributed by atoms with Gasteiger partial charge in [0.15, 0.2) is 0 Å². The molecule has 5 atom stereocenters. The molecule has 1 aliphatic heterocycles. The smallest absolute Gasteiger partial charge is 0.228 e. The van der Waals surface area contributed by atoms with E-state index in [9.17, 15) is 4.79 Å². The quantitative estimate of drug-likeness (QED) is 0.578. The number of carbonyl (C=O) groups is 1. The maximum absolute atomic E-state index is 13.5. The molecular formula is C24H37NO. The number of fused-ring (bicyclic) bond motifs is 3. The van der Waals surface area contributed by atoms with Crippen molar-refractivity contribution in [1.82, 2.24) is 4.90 Å². The van der Waals surface area contributed by atoms with Crippen molar-refractivity contribution in [1.29, 1.82) is 0 Å². The Labute approximate surface area is 160 Å². The third-order valence-corrected chi connectivity index (χ3v) is 8.71. The van der Waals surface area contributed by atoms with E-state index in [1.165, 1.54) is 44.9 Å².